The molecule has 0 aliphatic rings. The summed E-state index contributed by atoms with van der Waals surface area (Å²) in [5, 5.41) is 14.0. The highest BCUT2D eigenvalue weighted by atomic mass is 32.1. The molecule has 3 aromatic rings. The number of rotatable bonds is 5. The molecule has 0 saturated heterocycles. The molecule has 1 N–H and O–H groups in total. The Bertz CT molecular complexity index is 1120. The Labute approximate surface area is 157 Å². The van der Waals surface area contributed by atoms with Gasteiger partial charge in [-0.05, 0) is 25.5 Å². The van der Waals surface area contributed by atoms with Crippen LogP contribution in [0.3, 0.4) is 0 Å². The second-order valence-electron chi connectivity index (χ2n) is 5.83. The van der Waals surface area contributed by atoms with E-state index in [0.29, 0.717) is 10.2 Å². The smallest absolute Gasteiger partial charge is 0.271 e. The van der Waals surface area contributed by atoms with Crippen molar-refractivity contribution in [2.45, 2.75) is 20.4 Å². The summed E-state index contributed by atoms with van der Waals surface area (Å²) in [6.45, 7) is 3.48. The van der Waals surface area contributed by atoms with E-state index in [0.717, 1.165) is 10.4 Å². The van der Waals surface area contributed by atoms with Crippen molar-refractivity contribution in [1.82, 2.24) is 9.55 Å². The van der Waals surface area contributed by atoms with E-state index in [9.17, 15) is 19.7 Å². The van der Waals surface area contributed by atoms with E-state index >= 15 is 0 Å². The van der Waals surface area contributed by atoms with Crippen LogP contribution < -0.4 is 15.6 Å². The topological polar surface area (TPSA) is 116 Å². The minimum Gasteiger partial charge on any atom is -0.495 e. The van der Waals surface area contributed by atoms with E-state index in [1.807, 2.05) is 13.8 Å². The highest BCUT2D eigenvalue weighted by molar-refractivity contribution is 7.18. The summed E-state index contributed by atoms with van der Waals surface area (Å²) in [5.74, 6) is -0.249. The summed E-state index contributed by atoms with van der Waals surface area (Å²) in [7, 11) is 1.39. The number of thiophene rings is 1. The highest BCUT2D eigenvalue weighted by Gasteiger charge is 2.16. The first-order chi connectivity index (χ1) is 12.8. The zero-order valence-electron chi connectivity index (χ0n) is 14.8. The standard InChI is InChI=1S/C17H16N4O5S/c1-9-10(2)27-16-15(9)17(23)20(8-18-16)7-14(22)19-12-6-11(21(24)25)4-5-13(12)26-3/h4-6,8H,7H2,1-3H3,(H,19,22). The SMILES string of the molecule is COc1ccc([N+](=O)[O-])cc1NC(=O)Cn1cnc2sc(C)c(C)c2c1=O. The molecule has 10 heteroatoms. The van der Waals surface area contributed by atoms with Crippen LogP contribution in [0.1, 0.15) is 10.4 Å². The molecule has 0 atom stereocenters. The predicted molar refractivity (Wildman–Crippen MR) is 102 cm³/mol. The Kier molecular flexibility index (Phi) is 4.91. The number of nitrogens with zero attached hydrogens (tertiary/aromatic N) is 3. The molecule has 0 fully saturated rings. The monoisotopic (exact) mass is 388 g/mol. The fraction of sp³-hybridized carbons (Fsp3) is 0.235. The number of nitro benzene ring substituents is 1. The molecule has 27 heavy (non-hydrogen) atoms. The van der Waals surface area contributed by atoms with E-state index in [1.165, 1.54) is 47.5 Å². The van der Waals surface area contributed by atoms with E-state index in [4.69, 9.17) is 4.74 Å². The second-order valence-corrected chi connectivity index (χ2v) is 7.03. The Hall–Kier alpha value is -3.27. The van der Waals surface area contributed by atoms with Gasteiger partial charge in [0.25, 0.3) is 11.2 Å². The molecule has 9 nitrogen and oxygen atoms in total. The van der Waals surface area contributed by atoms with E-state index in [2.05, 4.69) is 10.3 Å². The molecular formula is C17H16N4O5S. The maximum atomic E-state index is 12.7. The lowest BCUT2D eigenvalue weighted by Crippen LogP contribution is -2.28. The summed E-state index contributed by atoms with van der Waals surface area (Å²) in [4.78, 5) is 41.3. The number of aryl methyl sites for hydroxylation is 2. The molecule has 0 bridgehead atoms. The lowest BCUT2D eigenvalue weighted by atomic mass is 10.2. The fourth-order valence-corrected chi connectivity index (χ4v) is 3.62. The van der Waals surface area contributed by atoms with Crippen molar-refractivity contribution in [3.8, 4) is 5.75 Å². The van der Waals surface area contributed by atoms with E-state index in [1.54, 1.807) is 0 Å². The molecule has 140 valence electrons. The summed E-state index contributed by atoms with van der Waals surface area (Å²) in [6.07, 6.45) is 1.32. The maximum absolute atomic E-state index is 12.7. The molecule has 2 heterocycles. The van der Waals surface area contributed by atoms with Crippen molar-refractivity contribution >= 4 is 38.8 Å². The van der Waals surface area contributed by atoms with Crippen LogP contribution in [0.25, 0.3) is 10.2 Å². The number of benzene rings is 1. The molecule has 1 amide bonds. The van der Waals surface area contributed by atoms with Gasteiger partial charge in [-0.1, -0.05) is 0 Å². The van der Waals surface area contributed by atoms with Crippen LogP contribution in [0.5, 0.6) is 5.75 Å². The van der Waals surface area contributed by atoms with Gasteiger partial charge in [-0.15, -0.1) is 11.3 Å². The molecule has 0 aliphatic heterocycles. The molecule has 0 unspecified atom stereocenters. The molecule has 0 aliphatic carbocycles. The highest BCUT2D eigenvalue weighted by Crippen LogP contribution is 2.29. The number of hydrogen-bond donors (Lipinski definition) is 1. The lowest BCUT2D eigenvalue weighted by Gasteiger charge is -2.11. The number of anilines is 1. The first-order valence-corrected chi connectivity index (χ1v) is 8.71. The van der Waals surface area contributed by atoms with Crippen LogP contribution in [0, 0.1) is 24.0 Å². The lowest BCUT2D eigenvalue weighted by molar-refractivity contribution is -0.384. The van der Waals surface area contributed by atoms with Gasteiger partial charge in [-0.25, -0.2) is 4.98 Å². The number of carbonyl (C=O) groups excluding carboxylic acids is 1. The third kappa shape index (κ3) is 3.51. The van der Waals surface area contributed by atoms with E-state index < -0.39 is 10.8 Å². The van der Waals surface area contributed by atoms with Crippen LogP contribution >= 0.6 is 11.3 Å². The van der Waals surface area contributed by atoms with Crippen LogP contribution in [0.15, 0.2) is 29.3 Å². The van der Waals surface area contributed by atoms with Crippen molar-refractivity contribution in [3.63, 3.8) is 0 Å². The number of nitrogens with one attached hydrogen (secondary N) is 1. The Morgan fingerprint density at radius 2 is 2.15 bits per heavy atom. The first-order valence-electron chi connectivity index (χ1n) is 7.89. The summed E-state index contributed by atoms with van der Waals surface area (Å²) in [5.41, 5.74) is 0.516. The number of amides is 1. The quantitative estimate of drug-likeness (QED) is 0.530. The number of hydrogen-bond acceptors (Lipinski definition) is 7. The Morgan fingerprint density at radius 3 is 2.81 bits per heavy atom. The van der Waals surface area contributed by atoms with Crippen molar-refractivity contribution in [2.24, 2.45) is 0 Å². The van der Waals surface area contributed by atoms with Crippen molar-refractivity contribution in [2.75, 3.05) is 12.4 Å². The van der Waals surface area contributed by atoms with Crippen molar-refractivity contribution in [1.29, 1.82) is 0 Å². The van der Waals surface area contributed by atoms with Gasteiger partial charge >= 0.3 is 0 Å². The van der Waals surface area contributed by atoms with Gasteiger partial charge < -0.3 is 10.1 Å². The Morgan fingerprint density at radius 1 is 1.41 bits per heavy atom. The van der Waals surface area contributed by atoms with Crippen LogP contribution in [0.2, 0.25) is 0 Å². The van der Waals surface area contributed by atoms with Crippen LogP contribution in [-0.2, 0) is 11.3 Å². The predicted octanol–water partition coefficient (Wildman–Crippen LogP) is 2.63. The van der Waals surface area contributed by atoms with Gasteiger partial charge in [0.2, 0.25) is 5.91 Å². The fourth-order valence-electron chi connectivity index (χ4n) is 2.63. The zero-order valence-corrected chi connectivity index (χ0v) is 15.6. The molecule has 1 aromatic carbocycles. The second kappa shape index (κ2) is 7.16. The maximum Gasteiger partial charge on any atom is 0.271 e. The summed E-state index contributed by atoms with van der Waals surface area (Å²) >= 11 is 1.43. The number of carbonyl (C=O) groups is 1. The first kappa shape index (κ1) is 18.5. The number of methoxy groups -OCH3 is 1. The number of fused-ring (bicyclic) bond motifs is 1. The number of aromatic nitrogens is 2. The van der Waals surface area contributed by atoms with Gasteiger partial charge in [-0.3, -0.25) is 24.3 Å². The third-order valence-corrected chi connectivity index (χ3v) is 5.25. The number of nitro groups is 1. The van der Waals surface area contributed by atoms with Crippen LogP contribution in [-0.4, -0.2) is 27.5 Å². The molecular weight excluding hydrogens is 372 g/mol. The minimum absolute atomic E-state index is 0.154. The van der Waals surface area contributed by atoms with Crippen LogP contribution in [0.4, 0.5) is 11.4 Å². The van der Waals surface area contributed by atoms with Crippen molar-refractivity contribution in [3.05, 3.63) is 55.4 Å². The molecule has 0 saturated carbocycles. The van der Waals surface area contributed by atoms with Gasteiger partial charge in [-0.2, -0.15) is 0 Å². The normalized spacial score (nSPS) is 10.8. The molecule has 2 aromatic heterocycles. The van der Waals surface area contributed by atoms with Gasteiger partial charge in [0.15, 0.2) is 0 Å². The molecule has 3 rings (SSSR count). The average molecular weight is 388 g/mol. The minimum atomic E-state index is -0.570. The van der Waals surface area contributed by atoms with Gasteiger partial charge in [0.1, 0.15) is 17.1 Å². The van der Waals surface area contributed by atoms with Gasteiger partial charge in [0, 0.05) is 17.0 Å². The van der Waals surface area contributed by atoms with Crippen molar-refractivity contribution < 1.29 is 14.5 Å². The van der Waals surface area contributed by atoms with Gasteiger partial charge in [0.05, 0.1) is 29.4 Å². The number of non-ortho nitro benzene ring substituents is 1. The van der Waals surface area contributed by atoms with E-state index in [-0.39, 0.29) is 29.2 Å². The third-order valence-electron chi connectivity index (χ3n) is 4.14. The molecule has 0 radical (unpaired) electrons. The summed E-state index contributed by atoms with van der Waals surface area (Å²) < 4.78 is 6.32. The summed E-state index contributed by atoms with van der Waals surface area (Å²) in [6, 6.07) is 3.87. The zero-order chi connectivity index (χ0) is 19.7. The largest absolute Gasteiger partial charge is 0.495 e. The average Bonchev–Trinajstić information content (AvgIpc) is 2.92. The number of ether oxygens (including phenoxy) is 1. The Balaban J connectivity index is 1.89. The molecule has 0 spiro atoms.